The van der Waals surface area contributed by atoms with Gasteiger partial charge in [0.1, 0.15) is 25.0 Å². The van der Waals surface area contributed by atoms with Crippen molar-refractivity contribution >= 4 is 0 Å². The van der Waals surface area contributed by atoms with Crippen molar-refractivity contribution in [2.75, 3.05) is 13.2 Å². The Morgan fingerprint density at radius 1 is 1.17 bits per heavy atom. The molecule has 0 saturated carbocycles. The third-order valence-corrected chi connectivity index (χ3v) is 6.15. The molecule has 11 nitrogen and oxygen atoms in total. The summed E-state index contributed by atoms with van der Waals surface area (Å²) in [5.74, 6) is 0. The molecule has 4 rings (SSSR count). The molecule has 4 atom stereocenters. The number of aliphatic hydroxyl groups is 2. The Morgan fingerprint density at radius 2 is 1.97 bits per heavy atom. The van der Waals surface area contributed by atoms with Crippen molar-refractivity contribution in [1.29, 1.82) is 0 Å². The smallest absolute Gasteiger partial charge is 0.335 e. The number of rotatable bonds is 12. The van der Waals surface area contributed by atoms with Gasteiger partial charge in [0, 0.05) is 37.3 Å². The first-order valence-electron chi connectivity index (χ1n) is 12.0. The molecule has 1 aliphatic rings. The quantitative estimate of drug-likeness (QED) is 0.350. The molecule has 2 N–H and O–H groups in total. The lowest BCUT2D eigenvalue weighted by molar-refractivity contribution is -0.0764. The van der Waals surface area contributed by atoms with E-state index < -0.39 is 42.4 Å². The summed E-state index contributed by atoms with van der Waals surface area (Å²) in [5, 5.41) is 20.4. The molecule has 3 aromatic rings. The van der Waals surface area contributed by atoms with Gasteiger partial charge in [0.05, 0.1) is 19.5 Å². The second kappa shape index (κ2) is 12.2. The Kier molecular flexibility index (Phi) is 8.83. The summed E-state index contributed by atoms with van der Waals surface area (Å²) in [6.07, 6.45) is 4.29. The fourth-order valence-corrected chi connectivity index (χ4v) is 4.19. The summed E-state index contributed by atoms with van der Waals surface area (Å²) in [7, 11) is 0. The zero-order valence-electron chi connectivity index (χ0n) is 20.2. The van der Waals surface area contributed by atoms with E-state index in [1.54, 1.807) is 19.4 Å². The number of hydrogen-bond donors (Lipinski definition) is 2. The van der Waals surface area contributed by atoms with Gasteiger partial charge >= 0.3 is 5.69 Å². The van der Waals surface area contributed by atoms with Gasteiger partial charge in [-0.05, 0) is 25.3 Å². The van der Waals surface area contributed by atoms with Crippen molar-refractivity contribution in [2.24, 2.45) is 0 Å². The summed E-state index contributed by atoms with van der Waals surface area (Å²) >= 11 is 0. The highest BCUT2D eigenvalue weighted by molar-refractivity contribution is 5.13. The zero-order chi connectivity index (χ0) is 25.5. The van der Waals surface area contributed by atoms with Gasteiger partial charge < -0.3 is 29.0 Å². The lowest BCUT2D eigenvalue weighted by Crippen LogP contribution is -2.45. The van der Waals surface area contributed by atoms with Gasteiger partial charge in [0.25, 0.3) is 5.56 Å². The van der Waals surface area contributed by atoms with E-state index in [-0.39, 0.29) is 13.3 Å². The van der Waals surface area contributed by atoms with Crippen molar-refractivity contribution in [1.82, 2.24) is 18.7 Å². The van der Waals surface area contributed by atoms with E-state index in [1.807, 2.05) is 41.1 Å². The second-order valence-corrected chi connectivity index (χ2v) is 8.78. The summed E-state index contributed by atoms with van der Waals surface area (Å²) < 4.78 is 21.6. The third-order valence-electron chi connectivity index (χ3n) is 6.15. The maximum absolute atomic E-state index is 13.3. The molecule has 0 amide bonds. The van der Waals surface area contributed by atoms with Crippen molar-refractivity contribution in [3.05, 3.63) is 87.2 Å². The van der Waals surface area contributed by atoms with E-state index in [0.717, 1.165) is 23.1 Å². The molecule has 194 valence electrons. The van der Waals surface area contributed by atoms with Crippen molar-refractivity contribution in [2.45, 2.75) is 64.2 Å². The summed E-state index contributed by atoms with van der Waals surface area (Å²) in [6, 6.07) is 9.42. The van der Waals surface area contributed by atoms with Crippen LogP contribution < -0.4 is 11.2 Å². The Labute approximate surface area is 208 Å². The number of nitrogens with zero attached hydrogens (tertiary/aromatic N) is 4. The second-order valence-electron chi connectivity index (χ2n) is 8.78. The minimum atomic E-state index is -1.14. The lowest BCUT2D eigenvalue weighted by Gasteiger charge is -2.23. The first-order chi connectivity index (χ1) is 17.5. The molecule has 0 aliphatic carbocycles. The number of ether oxygens (including phenoxy) is 3. The van der Waals surface area contributed by atoms with Crippen LogP contribution in [0.2, 0.25) is 0 Å². The van der Waals surface area contributed by atoms with Crippen LogP contribution in [0.3, 0.4) is 0 Å². The van der Waals surface area contributed by atoms with Crippen LogP contribution in [0.4, 0.5) is 0 Å². The highest BCUT2D eigenvalue weighted by atomic mass is 16.6. The van der Waals surface area contributed by atoms with Crippen LogP contribution in [-0.2, 0) is 34.1 Å². The van der Waals surface area contributed by atoms with E-state index in [4.69, 9.17) is 14.2 Å². The Balaban J connectivity index is 1.47. The zero-order valence-corrected chi connectivity index (χ0v) is 20.2. The first kappa shape index (κ1) is 26.0. The molecule has 0 spiro atoms. The number of hydrogen-bond acceptors (Lipinski definition) is 8. The van der Waals surface area contributed by atoms with Gasteiger partial charge in [0.15, 0.2) is 6.23 Å². The van der Waals surface area contributed by atoms with Crippen LogP contribution in [0, 0.1) is 6.92 Å². The van der Waals surface area contributed by atoms with E-state index in [0.29, 0.717) is 18.6 Å². The number of aromatic nitrogens is 4. The molecule has 1 saturated heterocycles. The highest BCUT2D eigenvalue weighted by Crippen LogP contribution is 2.31. The molecular weight excluding hydrogens is 468 g/mol. The molecule has 1 aromatic carbocycles. The Hall–Kier alpha value is -3.09. The Morgan fingerprint density at radius 3 is 2.69 bits per heavy atom. The predicted octanol–water partition coefficient (Wildman–Crippen LogP) is 0.805. The van der Waals surface area contributed by atoms with Crippen molar-refractivity contribution in [3.8, 4) is 0 Å². The average molecular weight is 501 g/mol. The molecule has 3 heterocycles. The van der Waals surface area contributed by atoms with Gasteiger partial charge in [-0.2, -0.15) is 0 Å². The van der Waals surface area contributed by atoms with Crippen LogP contribution in [0.1, 0.15) is 30.2 Å². The normalized spacial score (nSPS) is 21.8. The summed E-state index contributed by atoms with van der Waals surface area (Å²) in [4.78, 5) is 30.0. The van der Waals surface area contributed by atoms with E-state index in [1.165, 1.54) is 10.8 Å². The van der Waals surface area contributed by atoms with Gasteiger partial charge in [-0.3, -0.25) is 9.36 Å². The van der Waals surface area contributed by atoms with Crippen molar-refractivity contribution < 1.29 is 24.4 Å². The van der Waals surface area contributed by atoms with Gasteiger partial charge in [-0.25, -0.2) is 14.3 Å². The minimum Gasteiger partial charge on any atom is -0.394 e. The highest BCUT2D eigenvalue weighted by Gasteiger charge is 2.45. The lowest BCUT2D eigenvalue weighted by atomic mass is 10.1. The standard InChI is InChI=1S/C25H32N4O7/c1-18-13-28(25(33)29(23(18)32)17-34-15-19-7-3-2-4-8-19)24-22(21(31)20(14-30)36-24)35-12-6-5-10-27-11-9-26-16-27/h2-4,7-9,11,13,16,20-22,24,30-31H,5-6,10,12,14-15,17H2,1H3/t20-,21-,22-,24-/m1/s1. The molecule has 36 heavy (non-hydrogen) atoms. The SMILES string of the molecule is Cc1cn([C@@H]2O[C@H](CO)[C@@H](O)[C@H]2OCCCCn2ccnc2)c(=O)n(COCc2ccccc2)c1=O. The fourth-order valence-electron chi connectivity index (χ4n) is 4.19. The fraction of sp³-hybridized carbons (Fsp3) is 0.480. The number of aliphatic hydroxyl groups excluding tert-OH is 2. The molecule has 1 aliphatic heterocycles. The summed E-state index contributed by atoms with van der Waals surface area (Å²) in [5.41, 5.74) is 0.0947. The molecule has 0 unspecified atom stereocenters. The van der Waals surface area contributed by atoms with Crippen molar-refractivity contribution in [3.63, 3.8) is 0 Å². The van der Waals surface area contributed by atoms with Crippen LogP contribution in [0.25, 0.3) is 0 Å². The molecule has 1 fully saturated rings. The molecule has 11 heteroatoms. The van der Waals surface area contributed by atoms with Crippen LogP contribution in [-0.4, -0.2) is 60.4 Å². The van der Waals surface area contributed by atoms with Crippen LogP contribution in [0.5, 0.6) is 0 Å². The van der Waals surface area contributed by atoms with E-state index in [2.05, 4.69) is 4.98 Å². The molecule has 0 bridgehead atoms. The molecule has 0 radical (unpaired) electrons. The van der Waals surface area contributed by atoms with Gasteiger partial charge in [-0.15, -0.1) is 0 Å². The number of imidazole rings is 1. The average Bonchev–Trinajstić information content (AvgIpc) is 3.52. The van der Waals surface area contributed by atoms with E-state index >= 15 is 0 Å². The first-order valence-corrected chi connectivity index (χ1v) is 12.0. The van der Waals surface area contributed by atoms with Crippen LogP contribution >= 0.6 is 0 Å². The predicted molar refractivity (Wildman–Crippen MR) is 129 cm³/mol. The monoisotopic (exact) mass is 500 g/mol. The maximum Gasteiger partial charge on any atom is 0.335 e. The topological polar surface area (TPSA) is 130 Å². The van der Waals surface area contributed by atoms with Crippen LogP contribution in [0.15, 0.2) is 64.8 Å². The molecular formula is C25H32N4O7. The number of unbranched alkanes of at least 4 members (excludes halogenated alkanes) is 1. The van der Waals surface area contributed by atoms with E-state index in [9.17, 15) is 19.8 Å². The Bertz CT molecular complexity index is 1210. The number of aryl methyl sites for hydroxylation is 2. The summed E-state index contributed by atoms with van der Waals surface area (Å²) in [6.45, 7) is 2.24. The van der Waals surface area contributed by atoms with Gasteiger partial charge in [0.2, 0.25) is 0 Å². The third kappa shape index (κ3) is 6.00. The molecule has 2 aromatic heterocycles. The maximum atomic E-state index is 13.3. The van der Waals surface area contributed by atoms with Gasteiger partial charge in [-0.1, -0.05) is 30.3 Å². The number of benzene rings is 1. The minimum absolute atomic E-state index is 0.233. The largest absolute Gasteiger partial charge is 0.394 e.